The molecule has 196 valence electrons. The van der Waals surface area contributed by atoms with Crippen LogP contribution in [-0.4, -0.2) is 64.9 Å². The van der Waals surface area contributed by atoms with Gasteiger partial charge in [-0.25, -0.2) is 25.2 Å². The lowest BCUT2D eigenvalue weighted by molar-refractivity contribution is -0.117. The number of anilines is 2. The van der Waals surface area contributed by atoms with Gasteiger partial charge in [-0.3, -0.25) is 4.79 Å². The zero-order valence-electron chi connectivity index (χ0n) is 21.0. The highest BCUT2D eigenvalue weighted by Crippen LogP contribution is 2.33. The van der Waals surface area contributed by atoms with Crippen LogP contribution in [0.5, 0.6) is 0 Å². The summed E-state index contributed by atoms with van der Waals surface area (Å²) in [5, 5.41) is 3.26. The van der Waals surface area contributed by atoms with Gasteiger partial charge in [0.1, 0.15) is 17.6 Å². The molecule has 5 N–H and O–H groups in total. The number of rotatable bonds is 7. The van der Waals surface area contributed by atoms with Gasteiger partial charge in [0.2, 0.25) is 5.91 Å². The third kappa shape index (κ3) is 6.56. The molecule has 1 aromatic carbocycles. The lowest BCUT2D eigenvalue weighted by Gasteiger charge is -2.28. The van der Waals surface area contributed by atoms with Crippen LogP contribution in [0.15, 0.2) is 39.3 Å². The lowest BCUT2D eigenvalue weighted by Crippen LogP contribution is -2.35. The van der Waals surface area contributed by atoms with Gasteiger partial charge in [0.25, 0.3) is 0 Å². The molecule has 37 heavy (non-hydrogen) atoms. The third-order valence-electron chi connectivity index (χ3n) is 6.52. The van der Waals surface area contributed by atoms with Gasteiger partial charge in [0.15, 0.2) is 16.7 Å². The lowest BCUT2D eigenvalue weighted by atomic mass is 10.1. The first kappa shape index (κ1) is 25.4. The number of likely N-dealkylation sites (tertiary alicyclic amines) is 1. The number of nitrogens with two attached hydrogens (primary N) is 1. The fourth-order valence-electron chi connectivity index (χ4n) is 4.14. The maximum Gasteiger partial charge on any atom is 0.359 e. The number of hydrogen-bond donors (Lipinski definition) is 4. The summed E-state index contributed by atoms with van der Waals surface area (Å²) in [6.07, 6.45) is 3.93. The SMILES string of the molecule is CC1CC(=Nc2nc(Sc3ccc(NC(=O)C4CC4)cc3)nc(C(=O)OC3CCN(C)CC3)c2N)NN1. The number of amidine groups is 1. The van der Waals surface area contributed by atoms with Crippen molar-refractivity contribution in [2.45, 2.75) is 61.2 Å². The molecule has 1 atom stereocenters. The predicted molar refractivity (Wildman–Crippen MR) is 142 cm³/mol. The Balaban J connectivity index is 1.37. The monoisotopic (exact) mass is 524 g/mol. The summed E-state index contributed by atoms with van der Waals surface area (Å²) in [7, 11) is 2.05. The Morgan fingerprint density at radius 2 is 1.89 bits per heavy atom. The van der Waals surface area contributed by atoms with Crippen LogP contribution in [0.1, 0.15) is 49.5 Å². The van der Waals surface area contributed by atoms with Crippen molar-refractivity contribution in [3.8, 4) is 0 Å². The maximum atomic E-state index is 13.1. The quantitative estimate of drug-likeness (QED) is 0.315. The molecule has 2 aliphatic heterocycles. The molecule has 1 saturated carbocycles. The second-order valence-electron chi connectivity index (χ2n) is 9.82. The number of carbonyl (C=O) groups excluding carboxylic acids is 2. The van der Waals surface area contributed by atoms with E-state index < -0.39 is 5.97 Å². The van der Waals surface area contributed by atoms with Crippen molar-refractivity contribution in [1.29, 1.82) is 0 Å². The Morgan fingerprint density at radius 1 is 1.16 bits per heavy atom. The van der Waals surface area contributed by atoms with E-state index in [-0.39, 0.29) is 41.2 Å². The summed E-state index contributed by atoms with van der Waals surface area (Å²) in [4.78, 5) is 41.8. The predicted octanol–water partition coefficient (Wildman–Crippen LogP) is 2.73. The molecule has 12 heteroatoms. The second-order valence-corrected chi connectivity index (χ2v) is 10.9. The molecular weight excluding hydrogens is 492 g/mol. The van der Waals surface area contributed by atoms with Gasteiger partial charge in [0, 0.05) is 42.1 Å². The van der Waals surface area contributed by atoms with Crippen molar-refractivity contribution in [3.63, 3.8) is 0 Å². The molecule has 5 rings (SSSR count). The van der Waals surface area contributed by atoms with Gasteiger partial charge in [-0.15, -0.1) is 0 Å². The number of aliphatic imine (C=N–C) groups is 1. The minimum Gasteiger partial charge on any atom is -0.457 e. The van der Waals surface area contributed by atoms with Crippen LogP contribution in [-0.2, 0) is 9.53 Å². The first-order chi connectivity index (χ1) is 17.8. The standard InChI is InChI=1S/C25H32N8O3S/c1-14-13-19(32-31-14)28-22-20(26)21(24(35)36-17-9-11-33(2)12-10-17)29-25(30-22)37-18-7-5-16(6-8-18)27-23(34)15-3-4-15/h5-8,14-15,17,31H,3-4,9-13,26H2,1-2H3,(H,27,34)(H,28,29,30,32). The molecular formula is C25H32N8O3S. The number of aromatic nitrogens is 2. The summed E-state index contributed by atoms with van der Waals surface area (Å²) in [5.41, 5.74) is 13.3. The van der Waals surface area contributed by atoms with Crippen LogP contribution in [0.4, 0.5) is 17.2 Å². The number of nitrogens with one attached hydrogen (secondary N) is 3. The van der Waals surface area contributed by atoms with E-state index >= 15 is 0 Å². The van der Waals surface area contributed by atoms with Gasteiger partial charge in [-0.05, 0) is 75.7 Å². The van der Waals surface area contributed by atoms with Crippen molar-refractivity contribution in [3.05, 3.63) is 30.0 Å². The maximum absolute atomic E-state index is 13.1. The van der Waals surface area contributed by atoms with E-state index in [0.29, 0.717) is 17.4 Å². The van der Waals surface area contributed by atoms with E-state index in [1.807, 2.05) is 31.2 Å². The number of carbonyl (C=O) groups is 2. The third-order valence-corrected chi connectivity index (χ3v) is 7.39. The van der Waals surface area contributed by atoms with Crippen molar-refractivity contribution in [1.82, 2.24) is 25.7 Å². The molecule has 1 aromatic heterocycles. The number of hydrazine groups is 1. The highest BCUT2D eigenvalue weighted by molar-refractivity contribution is 7.99. The second kappa shape index (κ2) is 11.0. The molecule has 11 nitrogen and oxygen atoms in total. The molecule has 2 saturated heterocycles. The van der Waals surface area contributed by atoms with Gasteiger partial charge in [0.05, 0.1) is 0 Å². The summed E-state index contributed by atoms with van der Waals surface area (Å²) in [5.74, 6) is 0.529. The van der Waals surface area contributed by atoms with E-state index in [2.05, 4.69) is 43.1 Å². The van der Waals surface area contributed by atoms with Crippen LogP contribution in [0.3, 0.4) is 0 Å². The Hall–Kier alpha value is -3.22. The highest BCUT2D eigenvalue weighted by atomic mass is 32.2. The van der Waals surface area contributed by atoms with Gasteiger partial charge in [-0.1, -0.05) is 0 Å². The Morgan fingerprint density at radius 3 is 2.54 bits per heavy atom. The Kier molecular flexibility index (Phi) is 7.58. The molecule has 0 radical (unpaired) electrons. The summed E-state index contributed by atoms with van der Waals surface area (Å²) in [6, 6.07) is 7.64. The number of benzene rings is 1. The van der Waals surface area contributed by atoms with Crippen molar-refractivity contribution < 1.29 is 14.3 Å². The molecule has 1 unspecified atom stereocenters. The largest absolute Gasteiger partial charge is 0.457 e. The Labute approximate surface area is 220 Å². The van der Waals surface area contributed by atoms with Crippen LogP contribution in [0.25, 0.3) is 0 Å². The first-order valence-corrected chi connectivity index (χ1v) is 13.4. The fraction of sp³-hybridized carbons (Fsp3) is 0.480. The molecule has 1 aliphatic carbocycles. The number of nitrogens with zero attached hydrogens (tertiary/aromatic N) is 4. The van der Waals surface area contributed by atoms with Gasteiger partial charge >= 0.3 is 5.97 Å². The average Bonchev–Trinajstić information content (AvgIpc) is 3.65. The van der Waals surface area contributed by atoms with Gasteiger partial charge in [-0.2, -0.15) is 0 Å². The number of amides is 1. The Bertz CT molecular complexity index is 1190. The molecule has 3 heterocycles. The van der Waals surface area contributed by atoms with Gasteiger partial charge < -0.3 is 26.1 Å². The number of hydrogen-bond acceptors (Lipinski definition) is 10. The number of esters is 1. The van der Waals surface area contributed by atoms with Crippen LogP contribution in [0, 0.1) is 5.92 Å². The van der Waals surface area contributed by atoms with E-state index in [4.69, 9.17) is 10.5 Å². The molecule has 3 aliphatic rings. The van der Waals surface area contributed by atoms with Crippen LogP contribution < -0.4 is 21.9 Å². The molecule has 2 aromatic rings. The number of piperidine rings is 1. The molecule has 0 bridgehead atoms. The topological polar surface area (TPSA) is 147 Å². The van der Waals surface area contributed by atoms with Crippen molar-refractivity contribution in [2.75, 3.05) is 31.2 Å². The van der Waals surface area contributed by atoms with E-state index in [1.54, 1.807) is 0 Å². The van der Waals surface area contributed by atoms with Crippen molar-refractivity contribution >= 4 is 46.7 Å². The first-order valence-electron chi connectivity index (χ1n) is 12.6. The molecule has 0 spiro atoms. The molecule has 3 fully saturated rings. The molecule has 1 amide bonds. The minimum absolute atomic E-state index is 0.0168. The average molecular weight is 525 g/mol. The van der Waals surface area contributed by atoms with E-state index in [0.717, 1.165) is 49.4 Å². The zero-order valence-corrected chi connectivity index (χ0v) is 21.8. The van der Waals surface area contributed by atoms with Crippen molar-refractivity contribution in [2.24, 2.45) is 10.9 Å². The van der Waals surface area contributed by atoms with Crippen LogP contribution in [0.2, 0.25) is 0 Å². The highest BCUT2D eigenvalue weighted by Gasteiger charge is 2.29. The van der Waals surface area contributed by atoms with Crippen LogP contribution >= 0.6 is 11.8 Å². The smallest absolute Gasteiger partial charge is 0.359 e. The fourth-order valence-corrected chi connectivity index (χ4v) is 4.89. The summed E-state index contributed by atoms with van der Waals surface area (Å²) < 4.78 is 5.77. The minimum atomic E-state index is -0.568. The number of ether oxygens (including phenoxy) is 1. The normalized spacial score (nSPS) is 21.6. The van der Waals surface area contributed by atoms with E-state index in [9.17, 15) is 9.59 Å². The summed E-state index contributed by atoms with van der Waals surface area (Å²) >= 11 is 1.28. The van der Waals surface area contributed by atoms with E-state index in [1.165, 1.54) is 11.8 Å². The number of nitrogen functional groups attached to an aromatic ring is 1. The summed E-state index contributed by atoms with van der Waals surface area (Å²) in [6.45, 7) is 3.76. The zero-order chi connectivity index (χ0) is 25.9.